The van der Waals surface area contributed by atoms with Gasteiger partial charge in [-0.1, -0.05) is 47.5 Å². The van der Waals surface area contributed by atoms with E-state index in [2.05, 4.69) is 34.6 Å². The molecule has 92 valence electrons. The Bertz CT molecular complexity index is 145. The van der Waals surface area contributed by atoms with Gasteiger partial charge in [0.2, 0.25) is 0 Å². The molecule has 0 aliphatic carbocycles. The fourth-order valence-electron chi connectivity index (χ4n) is 2.80. The zero-order valence-electron chi connectivity index (χ0n) is 11.3. The number of hydrogen-bond acceptors (Lipinski definition) is 1. The molecular weight excluding hydrogens is 184 g/mol. The molecule has 15 heavy (non-hydrogen) atoms. The van der Waals surface area contributed by atoms with Crippen LogP contribution in [0.3, 0.4) is 0 Å². The zero-order valence-corrected chi connectivity index (χ0v) is 11.3. The number of hydrogen-bond donors (Lipinski definition) is 1. The predicted octanol–water partition coefficient (Wildman–Crippen LogP) is 4.39. The van der Waals surface area contributed by atoms with Crippen molar-refractivity contribution in [1.82, 2.24) is 0 Å². The maximum atomic E-state index is 10.5. The Balaban J connectivity index is 4.14. The third kappa shape index (κ3) is 6.94. The fraction of sp³-hybridized carbons (Fsp3) is 1.00. The zero-order chi connectivity index (χ0) is 11.9. The van der Waals surface area contributed by atoms with Crippen molar-refractivity contribution in [3.05, 3.63) is 0 Å². The summed E-state index contributed by atoms with van der Waals surface area (Å²) >= 11 is 0. The highest BCUT2D eigenvalue weighted by Gasteiger charge is 2.27. The van der Waals surface area contributed by atoms with Crippen molar-refractivity contribution in [2.24, 2.45) is 11.8 Å². The minimum atomic E-state index is -0.391. The minimum Gasteiger partial charge on any atom is -0.390 e. The Hall–Kier alpha value is -0.0400. The van der Waals surface area contributed by atoms with E-state index >= 15 is 0 Å². The summed E-state index contributed by atoms with van der Waals surface area (Å²) in [5.41, 5.74) is -0.391. The van der Waals surface area contributed by atoms with Gasteiger partial charge in [-0.15, -0.1) is 0 Å². The van der Waals surface area contributed by atoms with E-state index < -0.39 is 5.60 Å². The van der Waals surface area contributed by atoms with Gasteiger partial charge in [0.15, 0.2) is 0 Å². The summed E-state index contributed by atoms with van der Waals surface area (Å²) in [6.07, 6.45) is 6.31. The van der Waals surface area contributed by atoms with Crippen molar-refractivity contribution in [1.29, 1.82) is 0 Å². The van der Waals surface area contributed by atoms with Crippen LogP contribution in [-0.2, 0) is 0 Å². The van der Waals surface area contributed by atoms with Crippen LogP contribution in [0.1, 0.15) is 73.1 Å². The fourth-order valence-corrected chi connectivity index (χ4v) is 2.80. The smallest absolute Gasteiger partial charge is 0.0650 e. The van der Waals surface area contributed by atoms with Crippen molar-refractivity contribution in [2.75, 3.05) is 0 Å². The van der Waals surface area contributed by atoms with Gasteiger partial charge in [-0.05, 0) is 37.5 Å². The summed E-state index contributed by atoms with van der Waals surface area (Å²) in [5, 5.41) is 10.5. The summed E-state index contributed by atoms with van der Waals surface area (Å²) < 4.78 is 0. The summed E-state index contributed by atoms with van der Waals surface area (Å²) in [7, 11) is 0. The van der Waals surface area contributed by atoms with Crippen LogP contribution in [0, 0.1) is 11.8 Å². The van der Waals surface area contributed by atoms with Crippen LogP contribution in [-0.4, -0.2) is 10.7 Å². The van der Waals surface area contributed by atoms with Crippen LogP contribution >= 0.6 is 0 Å². The van der Waals surface area contributed by atoms with Gasteiger partial charge in [-0.25, -0.2) is 0 Å². The highest BCUT2D eigenvalue weighted by atomic mass is 16.3. The minimum absolute atomic E-state index is 0.391. The first-order chi connectivity index (χ1) is 6.93. The first-order valence-corrected chi connectivity index (χ1v) is 6.66. The molecule has 1 atom stereocenters. The second kappa shape index (κ2) is 7.27. The molecule has 0 fully saturated rings. The van der Waals surface area contributed by atoms with Gasteiger partial charge in [0, 0.05) is 0 Å². The third-order valence-corrected chi connectivity index (χ3v) is 3.03. The van der Waals surface area contributed by atoms with E-state index in [9.17, 15) is 5.11 Å². The summed E-state index contributed by atoms with van der Waals surface area (Å²) in [6, 6.07) is 0. The van der Waals surface area contributed by atoms with E-state index in [1.54, 1.807) is 0 Å². The maximum Gasteiger partial charge on any atom is 0.0650 e. The third-order valence-electron chi connectivity index (χ3n) is 3.03. The van der Waals surface area contributed by atoms with Crippen molar-refractivity contribution in [2.45, 2.75) is 78.7 Å². The molecule has 0 amide bonds. The first-order valence-electron chi connectivity index (χ1n) is 6.66. The van der Waals surface area contributed by atoms with Crippen molar-refractivity contribution < 1.29 is 5.11 Å². The molecule has 1 heteroatoms. The summed E-state index contributed by atoms with van der Waals surface area (Å²) in [5.74, 6) is 1.39. The van der Waals surface area contributed by atoms with E-state index in [1.165, 1.54) is 6.42 Å². The molecule has 0 aromatic rings. The second-order valence-corrected chi connectivity index (χ2v) is 5.66. The molecule has 0 spiro atoms. The van der Waals surface area contributed by atoms with Crippen LogP contribution in [0.25, 0.3) is 0 Å². The molecule has 0 aromatic heterocycles. The maximum absolute atomic E-state index is 10.5. The average molecular weight is 214 g/mol. The summed E-state index contributed by atoms with van der Waals surface area (Å²) in [6.45, 7) is 11.1. The predicted molar refractivity (Wildman–Crippen MR) is 68.0 cm³/mol. The normalized spacial score (nSPS) is 14.6. The lowest BCUT2D eigenvalue weighted by molar-refractivity contribution is -0.00227. The van der Waals surface area contributed by atoms with Crippen molar-refractivity contribution in [3.8, 4) is 0 Å². The van der Waals surface area contributed by atoms with E-state index in [1.807, 2.05) is 0 Å². The highest BCUT2D eigenvalue weighted by Crippen LogP contribution is 2.29. The molecule has 0 heterocycles. The van der Waals surface area contributed by atoms with Crippen LogP contribution < -0.4 is 0 Å². The molecule has 0 bridgehead atoms. The Morgan fingerprint density at radius 2 is 1.47 bits per heavy atom. The monoisotopic (exact) mass is 214 g/mol. The van der Waals surface area contributed by atoms with Gasteiger partial charge in [-0.2, -0.15) is 0 Å². The van der Waals surface area contributed by atoms with Crippen LogP contribution in [0.4, 0.5) is 0 Å². The van der Waals surface area contributed by atoms with Gasteiger partial charge in [0.25, 0.3) is 0 Å². The van der Waals surface area contributed by atoms with Crippen LogP contribution in [0.5, 0.6) is 0 Å². The van der Waals surface area contributed by atoms with Gasteiger partial charge in [0.05, 0.1) is 5.60 Å². The first kappa shape index (κ1) is 15.0. The quantitative estimate of drug-likeness (QED) is 0.635. The lowest BCUT2D eigenvalue weighted by Gasteiger charge is -2.31. The molecule has 0 radical (unpaired) electrons. The SMILES string of the molecule is CCCC(O)(CCC)CC(C)CC(C)C. The Labute approximate surface area is 96.3 Å². The lowest BCUT2D eigenvalue weighted by atomic mass is 9.81. The molecule has 0 aliphatic heterocycles. The molecule has 0 rings (SSSR count). The molecular formula is C14H30O. The van der Waals surface area contributed by atoms with Crippen molar-refractivity contribution >= 4 is 0 Å². The summed E-state index contributed by atoms with van der Waals surface area (Å²) in [4.78, 5) is 0. The standard InChI is InChI=1S/C14H30O/c1-6-8-14(15,9-7-2)11-13(5)10-12(3)4/h12-13,15H,6-11H2,1-5H3. The van der Waals surface area contributed by atoms with E-state index in [0.29, 0.717) is 5.92 Å². The molecule has 1 nitrogen and oxygen atoms in total. The number of rotatable bonds is 8. The van der Waals surface area contributed by atoms with E-state index in [0.717, 1.165) is 38.0 Å². The Kier molecular flexibility index (Phi) is 7.25. The van der Waals surface area contributed by atoms with E-state index in [4.69, 9.17) is 0 Å². The largest absolute Gasteiger partial charge is 0.390 e. The highest BCUT2D eigenvalue weighted by molar-refractivity contribution is 4.80. The molecule has 0 aliphatic rings. The van der Waals surface area contributed by atoms with Crippen LogP contribution in [0.2, 0.25) is 0 Å². The van der Waals surface area contributed by atoms with E-state index in [-0.39, 0.29) is 0 Å². The van der Waals surface area contributed by atoms with Gasteiger partial charge < -0.3 is 5.11 Å². The molecule has 0 saturated carbocycles. The topological polar surface area (TPSA) is 20.2 Å². The Morgan fingerprint density at radius 3 is 1.80 bits per heavy atom. The van der Waals surface area contributed by atoms with Crippen molar-refractivity contribution in [3.63, 3.8) is 0 Å². The molecule has 0 saturated heterocycles. The molecule has 0 aromatic carbocycles. The molecule has 1 unspecified atom stereocenters. The van der Waals surface area contributed by atoms with Gasteiger partial charge in [0.1, 0.15) is 0 Å². The van der Waals surface area contributed by atoms with Gasteiger partial charge >= 0.3 is 0 Å². The molecule has 1 N–H and O–H groups in total. The van der Waals surface area contributed by atoms with Gasteiger partial charge in [-0.3, -0.25) is 0 Å². The Morgan fingerprint density at radius 1 is 1.00 bits per heavy atom. The average Bonchev–Trinajstić information content (AvgIpc) is 2.01. The second-order valence-electron chi connectivity index (χ2n) is 5.66. The number of aliphatic hydroxyl groups is 1. The van der Waals surface area contributed by atoms with Crippen LogP contribution in [0.15, 0.2) is 0 Å². The lowest BCUT2D eigenvalue weighted by Crippen LogP contribution is -2.31.